The van der Waals surface area contributed by atoms with Crippen LogP contribution in [0.2, 0.25) is 0 Å². The maximum absolute atomic E-state index is 2.64. The van der Waals surface area contributed by atoms with Gasteiger partial charge in [0.1, 0.15) is 0 Å². The lowest BCUT2D eigenvalue weighted by atomic mass is 9.52. The number of rotatable bonds is 1. The van der Waals surface area contributed by atoms with Gasteiger partial charge in [-0.05, 0) is 62.7 Å². The van der Waals surface area contributed by atoms with E-state index in [0.717, 1.165) is 18.3 Å². The smallest absolute Gasteiger partial charge is 0.0275 e. The van der Waals surface area contributed by atoms with Crippen LogP contribution in [0.15, 0.2) is 47.1 Å². The maximum Gasteiger partial charge on any atom is 0.0275 e. The fraction of sp³-hybridized carbons (Fsp3) is 0.619. The van der Waals surface area contributed by atoms with Gasteiger partial charge in [0, 0.05) is 5.41 Å². The minimum Gasteiger partial charge on any atom is -0.0844 e. The molecule has 0 N–H and O–H groups in total. The Bertz CT molecular complexity index is 585. The van der Waals surface area contributed by atoms with Crippen LogP contribution in [0.3, 0.4) is 0 Å². The van der Waals surface area contributed by atoms with E-state index >= 15 is 0 Å². The van der Waals surface area contributed by atoms with Crippen molar-refractivity contribution in [2.75, 3.05) is 0 Å². The van der Waals surface area contributed by atoms with Crippen molar-refractivity contribution in [3.8, 4) is 0 Å². The van der Waals surface area contributed by atoms with Crippen LogP contribution in [-0.4, -0.2) is 0 Å². The third-order valence-corrected chi connectivity index (χ3v) is 7.13. The van der Waals surface area contributed by atoms with Gasteiger partial charge in [-0.3, -0.25) is 0 Å². The van der Waals surface area contributed by atoms with Crippen molar-refractivity contribution in [2.45, 2.75) is 59.3 Å². The van der Waals surface area contributed by atoms with Crippen LogP contribution in [0.25, 0.3) is 0 Å². The quantitative estimate of drug-likeness (QED) is 0.518. The zero-order valence-electron chi connectivity index (χ0n) is 13.8. The molecule has 0 nitrogen and oxygen atoms in total. The average molecular weight is 280 g/mol. The predicted molar refractivity (Wildman–Crippen MR) is 90.0 cm³/mol. The van der Waals surface area contributed by atoms with Gasteiger partial charge in [0.2, 0.25) is 0 Å². The maximum atomic E-state index is 2.64. The van der Waals surface area contributed by atoms with Crippen molar-refractivity contribution in [1.29, 1.82) is 0 Å². The molecule has 0 aromatic heterocycles. The minimum absolute atomic E-state index is 0.247. The molecular weight excluding hydrogens is 252 g/mol. The monoisotopic (exact) mass is 280 g/mol. The van der Waals surface area contributed by atoms with E-state index in [9.17, 15) is 0 Å². The Labute approximate surface area is 129 Å². The summed E-state index contributed by atoms with van der Waals surface area (Å²) in [6.45, 7) is 7.35. The van der Waals surface area contributed by atoms with E-state index in [0.29, 0.717) is 5.41 Å². The Morgan fingerprint density at radius 1 is 1.19 bits per heavy atom. The Balaban J connectivity index is 1.76. The molecular formula is C21H28. The molecule has 4 aliphatic rings. The molecule has 4 rings (SSSR count). The summed E-state index contributed by atoms with van der Waals surface area (Å²) in [6.07, 6.45) is 20.3. The molecule has 0 aliphatic heterocycles. The van der Waals surface area contributed by atoms with Crippen LogP contribution in [0.5, 0.6) is 0 Å². The van der Waals surface area contributed by atoms with Crippen molar-refractivity contribution < 1.29 is 0 Å². The number of hydrogen-bond acceptors (Lipinski definition) is 0. The highest BCUT2D eigenvalue weighted by Crippen LogP contribution is 2.62. The highest BCUT2D eigenvalue weighted by molar-refractivity contribution is 5.45. The standard InChI is InChI=1S/C21H28/c1-4-15-9-11-18-17-10-8-16-7-5-6-13-20(16,2)19(17)12-14-21(15,18)3/h6-7,9,12-13,17-18H,4-5,8,10-11,14H2,1-3H3/t17-,18-,20-,21+/m0/s1. The van der Waals surface area contributed by atoms with Crippen LogP contribution >= 0.6 is 0 Å². The van der Waals surface area contributed by atoms with Crippen molar-refractivity contribution in [1.82, 2.24) is 0 Å². The van der Waals surface area contributed by atoms with Crippen LogP contribution in [0.1, 0.15) is 59.3 Å². The van der Waals surface area contributed by atoms with Gasteiger partial charge in [0.15, 0.2) is 0 Å². The summed E-state index contributed by atoms with van der Waals surface area (Å²) >= 11 is 0. The highest BCUT2D eigenvalue weighted by Gasteiger charge is 2.52. The third-order valence-electron chi connectivity index (χ3n) is 7.13. The van der Waals surface area contributed by atoms with Crippen LogP contribution in [0, 0.1) is 22.7 Å². The molecule has 0 heterocycles. The molecule has 0 unspecified atom stereocenters. The first-order valence-electron chi connectivity index (χ1n) is 8.87. The van der Waals surface area contributed by atoms with E-state index in [2.05, 4.69) is 51.2 Å². The molecule has 21 heavy (non-hydrogen) atoms. The SMILES string of the molecule is CCC1=CC[C@H]2[C@@H]3CCC4=CCC=C[C@]4(C)C3=CC[C@]12C. The molecule has 0 radical (unpaired) electrons. The van der Waals surface area contributed by atoms with Gasteiger partial charge >= 0.3 is 0 Å². The zero-order valence-corrected chi connectivity index (χ0v) is 13.8. The number of allylic oxidation sites excluding steroid dienone is 8. The summed E-state index contributed by atoms with van der Waals surface area (Å²) in [5.74, 6) is 1.68. The molecule has 0 aromatic carbocycles. The van der Waals surface area contributed by atoms with Crippen molar-refractivity contribution in [3.05, 3.63) is 47.1 Å². The molecule has 0 amide bonds. The molecule has 0 bridgehead atoms. The first kappa shape index (κ1) is 13.6. The summed E-state index contributed by atoms with van der Waals surface area (Å²) in [7, 11) is 0. The molecule has 0 spiro atoms. The second-order valence-corrected chi connectivity index (χ2v) is 7.92. The Morgan fingerprint density at radius 3 is 2.86 bits per heavy atom. The first-order valence-corrected chi connectivity index (χ1v) is 8.87. The van der Waals surface area contributed by atoms with E-state index < -0.39 is 0 Å². The fourth-order valence-electron chi connectivity index (χ4n) is 5.87. The molecule has 1 fully saturated rings. The summed E-state index contributed by atoms with van der Waals surface area (Å²) in [6, 6.07) is 0. The van der Waals surface area contributed by atoms with E-state index in [1.165, 1.54) is 32.1 Å². The van der Waals surface area contributed by atoms with E-state index in [1.54, 1.807) is 16.7 Å². The summed E-state index contributed by atoms with van der Waals surface area (Å²) in [5, 5.41) is 0. The first-order chi connectivity index (χ1) is 10.1. The lowest BCUT2D eigenvalue weighted by Gasteiger charge is -2.52. The van der Waals surface area contributed by atoms with Crippen molar-refractivity contribution >= 4 is 0 Å². The normalized spacial score (nSPS) is 44.2. The summed E-state index contributed by atoms with van der Waals surface area (Å²) < 4.78 is 0. The van der Waals surface area contributed by atoms with Gasteiger partial charge in [-0.2, -0.15) is 0 Å². The van der Waals surface area contributed by atoms with Gasteiger partial charge in [0.05, 0.1) is 0 Å². The van der Waals surface area contributed by atoms with Crippen LogP contribution in [0.4, 0.5) is 0 Å². The Kier molecular flexibility index (Phi) is 2.90. The molecule has 0 saturated heterocycles. The fourth-order valence-corrected chi connectivity index (χ4v) is 5.87. The molecule has 4 atom stereocenters. The van der Waals surface area contributed by atoms with Gasteiger partial charge in [-0.25, -0.2) is 0 Å². The van der Waals surface area contributed by atoms with Gasteiger partial charge in [0.25, 0.3) is 0 Å². The zero-order chi connectivity index (χ0) is 14.7. The molecule has 4 aliphatic carbocycles. The van der Waals surface area contributed by atoms with Gasteiger partial charge < -0.3 is 0 Å². The highest BCUT2D eigenvalue weighted by atomic mass is 14.6. The summed E-state index contributed by atoms with van der Waals surface area (Å²) in [5.41, 5.74) is 5.88. The van der Waals surface area contributed by atoms with E-state index in [-0.39, 0.29) is 5.41 Å². The van der Waals surface area contributed by atoms with Crippen LogP contribution < -0.4 is 0 Å². The van der Waals surface area contributed by atoms with E-state index in [1.807, 2.05) is 0 Å². The topological polar surface area (TPSA) is 0 Å². The lowest BCUT2D eigenvalue weighted by molar-refractivity contribution is 0.148. The minimum atomic E-state index is 0.247. The Hall–Kier alpha value is -1.04. The van der Waals surface area contributed by atoms with Crippen molar-refractivity contribution in [2.24, 2.45) is 22.7 Å². The van der Waals surface area contributed by atoms with Crippen LogP contribution in [-0.2, 0) is 0 Å². The number of fused-ring (bicyclic) bond motifs is 5. The van der Waals surface area contributed by atoms with E-state index in [4.69, 9.17) is 0 Å². The van der Waals surface area contributed by atoms with Gasteiger partial charge in [-0.1, -0.05) is 60.9 Å². The lowest BCUT2D eigenvalue weighted by Crippen LogP contribution is -2.42. The molecule has 0 heteroatoms. The largest absolute Gasteiger partial charge is 0.0844 e. The molecule has 0 aromatic rings. The van der Waals surface area contributed by atoms with Crippen molar-refractivity contribution in [3.63, 3.8) is 0 Å². The number of hydrogen-bond donors (Lipinski definition) is 0. The summed E-state index contributed by atoms with van der Waals surface area (Å²) in [4.78, 5) is 0. The predicted octanol–water partition coefficient (Wildman–Crippen LogP) is 5.98. The molecule has 112 valence electrons. The third kappa shape index (κ3) is 1.68. The second kappa shape index (κ2) is 4.48. The average Bonchev–Trinajstić information content (AvgIpc) is 2.83. The molecule has 1 saturated carbocycles. The second-order valence-electron chi connectivity index (χ2n) is 7.92. The van der Waals surface area contributed by atoms with Gasteiger partial charge in [-0.15, -0.1) is 0 Å². The Morgan fingerprint density at radius 2 is 2.05 bits per heavy atom.